The van der Waals surface area contributed by atoms with Crippen LogP contribution in [0, 0.1) is 5.92 Å². The first kappa shape index (κ1) is 34.5. The topological polar surface area (TPSA) is 125 Å². The molecule has 1 aliphatic rings. The molecule has 3 atom stereocenters. The van der Waals surface area contributed by atoms with E-state index in [1.54, 1.807) is 37.8 Å². The summed E-state index contributed by atoms with van der Waals surface area (Å²) >= 11 is 0. The first-order valence-corrected chi connectivity index (χ1v) is 15.3. The molecule has 2 aromatic carbocycles. The second-order valence-corrected chi connectivity index (χ2v) is 12.5. The van der Waals surface area contributed by atoms with Crippen LogP contribution in [0.2, 0.25) is 0 Å². The zero-order chi connectivity index (χ0) is 31.9. The van der Waals surface area contributed by atoms with Crippen molar-refractivity contribution >= 4 is 22.0 Å². The third-order valence-electron chi connectivity index (χ3n) is 7.22. The van der Waals surface area contributed by atoms with Gasteiger partial charge in [0.2, 0.25) is 10.0 Å². The van der Waals surface area contributed by atoms with Crippen LogP contribution in [0.3, 0.4) is 0 Å². The van der Waals surface area contributed by atoms with Gasteiger partial charge in [-0.2, -0.15) is 17.5 Å². The molecule has 0 aliphatic carbocycles. The number of nitrogens with one attached hydrogen (secondary N) is 1. The predicted molar refractivity (Wildman–Crippen MR) is 151 cm³/mol. The normalized spacial score (nSPS) is 18.0. The zero-order valence-corrected chi connectivity index (χ0v) is 25.3. The molecule has 1 heterocycles. The Hall–Kier alpha value is -3.04. The molecule has 238 valence electrons. The van der Waals surface area contributed by atoms with Crippen molar-refractivity contribution in [3.8, 4) is 0 Å². The number of piperidine rings is 1. The molecule has 14 heteroatoms. The second kappa shape index (κ2) is 14.6. The van der Waals surface area contributed by atoms with E-state index in [0.717, 1.165) is 24.3 Å². The van der Waals surface area contributed by atoms with Crippen LogP contribution in [0.25, 0.3) is 0 Å². The molecule has 0 spiro atoms. The van der Waals surface area contributed by atoms with E-state index in [9.17, 15) is 36.3 Å². The van der Waals surface area contributed by atoms with Crippen molar-refractivity contribution in [2.45, 2.75) is 69.7 Å². The number of aliphatic hydroxyl groups excluding tert-OH is 1. The smallest absolute Gasteiger partial charge is 0.416 e. The molecule has 2 aromatic rings. The average Bonchev–Trinajstić information content (AvgIpc) is 2.98. The zero-order valence-electron chi connectivity index (χ0n) is 24.5. The van der Waals surface area contributed by atoms with Gasteiger partial charge < -0.3 is 14.6 Å². The highest BCUT2D eigenvalue weighted by Crippen LogP contribution is 2.32. The fourth-order valence-electron chi connectivity index (χ4n) is 4.88. The number of rotatable bonds is 12. The third-order valence-corrected chi connectivity index (χ3v) is 9.13. The molecule has 0 aromatic heterocycles. The van der Waals surface area contributed by atoms with Gasteiger partial charge in [0.15, 0.2) is 6.35 Å². The van der Waals surface area contributed by atoms with Gasteiger partial charge in [-0.1, -0.05) is 26.0 Å². The van der Waals surface area contributed by atoms with Crippen LogP contribution in [0.5, 0.6) is 0 Å². The van der Waals surface area contributed by atoms with Crippen LogP contribution in [0.1, 0.15) is 55.1 Å². The Morgan fingerprint density at radius 1 is 1.12 bits per heavy atom. The van der Waals surface area contributed by atoms with E-state index in [2.05, 4.69) is 5.32 Å². The van der Waals surface area contributed by atoms with E-state index in [0.29, 0.717) is 24.9 Å². The molecule has 0 amide bonds. The molecule has 1 saturated heterocycles. The Kier molecular flexibility index (Phi) is 11.7. The lowest BCUT2D eigenvalue weighted by molar-refractivity contribution is -0.150. The van der Waals surface area contributed by atoms with Crippen molar-refractivity contribution in [2.75, 3.05) is 26.8 Å². The van der Waals surface area contributed by atoms with Crippen LogP contribution < -0.4 is 5.32 Å². The van der Waals surface area contributed by atoms with E-state index in [-0.39, 0.29) is 36.1 Å². The van der Waals surface area contributed by atoms with E-state index < -0.39 is 52.1 Å². The highest BCUT2D eigenvalue weighted by atomic mass is 32.2. The van der Waals surface area contributed by atoms with Crippen LogP contribution in [0.15, 0.2) is 53.4 Å². The molecular weight excluding hydrogens is 591 g/mol. The van der Waals surface area contributed by atoms with Gasteiger partial charge in [0.05, 0.1) is 29.7 Å². The number of likely N-dealkylation sites (tertiary alicyclic amines) is 1. The summed E-state index contributed by atoms with van der Waals surface area (Å²) in [7, 11) is -3.09. The SMILES string of the molecule is CCOC(=O)C(NC(O)N1CCCC(N(Cc2ccc(C(=O)OC)cc2)S(=O)(=O)c2ccc(C(F)(F)F)cc2)C1)C(C)C. The van der Waals surface area contributed by atoms with Gasteiger partial charge in [-0.05, 0) is 67.6 Å². The first-order chi connectivity index (χ1) is 20.2. The van der Waals surface area contributed by atoms with Crippen LogP contribution in [-0.4, -0.2) is 79.9 Å². The monoisotopic (exact) mass is 629 g/mol. The van der Waals surface area contributed by atoms with Crippen LogP contribution in [0.4, 0.5) is 13.2 Å². The maximum absolute atomic E-state index is 13.9. The number of sulfonamides is 1. The maximum Gasteiger partial charge on any atom is 0.416 e. The standard InChI is InChI=1S/C29H38F3N3O7S/c1-5-42-27(37)25(19(2)3)33-28(38)34-16-6-7-23(18-34)35(17-20-8-10-21(11-9-20)26(36)41-4)43(39,40)24-14-12-22(13-15-24)29(30,31)32/h8-15,19,23,25,28,33,38H,5-7,16-18H2,1-4H3. The predicted octanol–water partition coefficient (Wildman–Crippen LogP) is 3.60. The molecule has 0 bridgehead atoms. The number of alkyl halides is 3. The number of hydrogen-bond donors (Lipinski definition) is 2. The minimum atomic E-state index is -4.63. The fraction of sp³-hybridized carbons (Fsp3) is 0.517. The van der Waals surface area contributed by atoms with E-state index >= 15 is 0 Å². The molecule has 2 N–H and O–H groups in total. The molecule has 1 aliphatic heterocycles. The van der Waals surface area contributed by atoms with Crippen molar-refractivity contribution in [3.05, 3.63) is 65.2 Å². The summed E-state index contributed by atoms with van der Waals surface area (Å²) < 4.78 is 78.4. The van der Waals surface area contributed by atoms with Gasteiger partial charge in [0, 0.05) is 25.7 Å². The largest absolute Gasteiger partial charge is 0.465 e. The van der Waals surface area contributed by atoms with Gasteiger partial charge >= 0.3 is 18.1 Å². The lowest BCUT2D eigenvalue weighted by Gasteiger charge is -2.41. The first-order valence-electron chi connectivity index (χ1n) is 13.9. The molecule has 10 nitrogen and oxygen atoms in total. The van der Waals surface area contributed by atoms with Gasteiger partial charge in [-0.25, -0.2) is 13.2 Å². The highest BCUT2D eigenvalue weighted by Gasteiger charge is 2.38. The average molecular weight is 630 g/mol. The maximum atomic E-state index is 13.9. The number of nitrogens with zero attached hydrogens (tertiary/aromatic N) is 2. The van der Waals surface area contributed by atoms with E-state index in [1.165, 1.54) is 23.5 Å². The second-order valence-electron chi connectivity index (χ2n) is 10.6. The number of ether oxygens (including phenoxy) is 2. The summed E-state index contributed by atoms with van der Waals surface area (Å²) in [6.45, 7) is 5.76. The van der Waals surface area contributed by atoms with Gasteiger partial charge in [-0.15, -0.1) is 0 Å². The van der Waals surface area contributed by atoms with Crippen molar-refractivity contribution < 1.29 is 45.8 Å². The summed E-state index contributed by atoms with van der Waals surface area (Å²) in [6.07, 6.45) is -5.02. The quantitative estimate of drug-likeness (QED) is 0.268. The van der Waals surface area contributed by atoms with Crippen LogP contribution in [-0.2, 0) is 37.0 Å². The van der Waals surface area contributed by atoms with E-state index in [1.807, 2.05) is 0 Å². The lowest BCUT2D eigenvalue weighted by Crippen LogP contribution is -2.59. The summed E-state index contributed by atoms with van der Waals surface area (Å²) in [6, 6.07) is 7.93. The Balaban J connectivity index is 1.92. The molecule has 1 fully saturated rings. The number of methoxy groups -OCH3 is 1. The lowest BCUT2D eigenvalue weighted by atomic mass is 10.0. The number of aliphatic hydroxyl groups is 1. The van der Waals surface area contributed by atoms with Gasteiger partial charge in [0.25, 0.3) is 0 Å². The number of carbonyl (C=O) groups excluding carboxylic acids is 2. The number of hydrogen-bond acceptors (Lipinski definition) is 9. The minimum absolute atomic E-state index is 0.0713. The number of halogens is 3. The number of benzene rings is 2. The van der Waals surface area contributed by atoms with Gasteiger partial charge in [0.1, 0.15) is 6.04 Å². The minimum Gasteiger partial charge on any atom is -0.465 e. The molecule has 3 rings (SSSR count). The summed E-state index contributed by atoms with van der Waals surface area (Å²) in [5.74, 6) is -1.29. The van der Waals surface area contributed by atoms with Crippen molar-refractivity contribution in [3.63, 3.8) is 0 Å². The molecule has 0 saturated carbocycles. The fourth-order valence-corrected chi connectivity index (χ4v) is 6.51. The third kappa shape index (κ3) is 8.76. The Morgan fingerprint density at radius 2 is 1.74 bits per heavy atom. The molecular formula is C29H38F3N3O7S. The van der Waals surface area contributed by atoms with Gasteiger partial charge in [-0.3, -0.25) is 15.0 Å². The van der Waals surface area contributed by atoms with E-state index in [4.69, 9.17) is 9.47 Å². The molecule has 3 unspecified atom stereocenters. The molecule has 43 heavy (non-hydrogen) atoms. The summed E-state index contributed by atoms with van der Waals surface area (Å²) in [4.78, 5) is 25.6. The van der Waals surface area contributed by atoms with Crippen LogP contribution >= 0.6 is 0 Å². The Labute approximate surface area is 249 Å². The number of carbonyl (C=O) groups is 2. The summed E-state index contributed by atoms with van der Waals surface area (Å²) in [5.41, 5.74) is -0.181. The Morgan fingerprint density at radius 3 is 2.28 bits per heavy atom. The van der Waals surface area contributed by atoms with Crippen molar-refractivity contribution in [1.29, 1.82) is 0 Å². The molecule has 0 radical (unpaired) electrons. The summed E-state index contributed by atoms with van der Waals surface area (Å²) in [5, 5.41) is 13.9. The Bertz CT molecular complexity index is 1340. The highest BCUT2D eigenvalue weighted by molar-refractivity contribution is 7.89. The van der Waals surface area contributed by atoms with Crippen molar-refractivity contribution in [1.82, 2.24) is 14.5 Å². The van der Waals surface area contributed by atoms with Crippen molar-refractivity contribution in [2.24, 2.45) is 5.92 Å². The number of esters is 2.